The average molecular weight is 267 g/mol. The van der Waals surface area contributed by atoms with E-state index in [0.717, 1.165) is 0 Å². The predicted octanol–water partition coefficient (Wildman–Crippen LogP) is 0.141. The van der Waals surface area contributed by atoms with E-state index in [1.54, 1.807) is 0 Å². The van der Waals surface area contributed by atoms with E-state index >= 15 is 0 Å². The summed E-state index contributed by atoms with van der Waals surface area (Å²) in [7, 11) is -0.415. The van der Waals surface area contributed by atoms with E-state index in [4.69, 9.17) is 16.9 Å². The molecule has 0 radical (unpaired) electrons. The van der Waals surface area contributed by atoms with Gasteiger partial charge in [-0.2, -0.15) is 0 Å². The minimum absolute atomic E-state index is 0.108. The molecule has 0 aromatic heterocycles. The topological polar surface area (TPSA) is 73.4 Å². The maximum atomic E-state index is 10.6. The first kappa shape index (κ1) is 16.0. The number of carbonyl (C=O) groups is 1. The number of hydrogen-bond donors (Lipinski definition) is 4. The highest BCUT2D eigenvalue weighted by Gasteiger charge is 2.27. The van der Waals surface area contributed by atoms with Crippen LogP contribution in [0.5, 0.6) is 0 Å². The summed E-state index contributed by atoms with van der Waals surface area (Å²) >= 11 is 5.18. The maximum Gasteiger partial charge on any atom is 0.317 e. The van der Waals surface area contributed by atoms with Gasteiger partial charge >= 0.3 is 5.97 Å². The molecule has 0 bridgehead atoms. The minimum atomic E-state index is -0.886. The standard InChI is InChI=1S/C9H22N3O2PS/c1-6(2)11-9(15-16,12-7(3)4)10-5-8(13)14/h6-7,10-12H,5,15H2,1-4H3,(H,13,14). The summed E-state index contributed by atoms with van der Waals surface area (Å²) in [4.78, 5) is 10.6. The van der Waals surface area contributed by atoms with E-state index in [-0.39, 0.29) is 18.6 Å². The van der Waals surface area contributed by atoms with Gasteiger partial charge < -0.3 is 5.11 Å². The zero-order chi connectivity index (χ0) is 12.8. The van der Waals surface area contributed by atoms with Gasteiger partial charge in [0.15, 0.2) is 0 Å². The average Bonchev–Trinajstić information content (AvgIpc) is 2.12. The summed E-state index contributed by atoms with van der Waals surface area (Å²) in [6.45, 7) is 7.91. The number of carboxylic acids is 1. The predicted molar refractivity (Wildman–Crippen MR) is 72.0 cm³/mol. The van der Waals surface area contributed by atoms with Crippen molar-refractivity contribution in [2.45, 2.75) is 45.3 Å². The van der Waals surface area contributed by atoms with E-state index in [2.05, 4.69) is 16.0 Å². The Morgan fingerprint density at radius 1 is 1.31 bits per heavy atom. The van der Waals surface area contributed by atoms with E-state index in [1.165, 1.54) is 0 Å². The Morgan fingerprint density at radius 3 is 2.00 bits per heavy atom. The molecule has 0 spiro atoms. The van der Waals surface area contributed by atoms with Gasteiger partial charge in [-0.3, -0.25) is 20.7 Å². The molecule has 0 heterocycles. The lowest BCUT2D eigenvalue weighted by Gasteiger charge is -2.36. The largest absolute Gasteiger partial charge is 0.480 e. The van der Waals surface area contributed by atoms with Crippen molar-refractivity contribution < 1.29 is 9.90 Å². The quantitative estimate of drug-likeness (QED) is 0.370. The van der Waals surface area contributed by atoms with Crippen LogP contribution in [0.1, 0.15) is 27.7 Å². The van der Waals surface area contributed by atoms with Crippen LogP contribution in [0.15, 0.2) is 0 Å². The van der Waals surface area contributed by atoms with Crippen LogP contribution in [-0.2, 0) is 16.6 Å². The normalized spacial score (nSPS) is 13.1. The molecule has 4 N–H and O–H groups in total. The summed E-state index contributed by atoms with van der Waals surface area (Å²) in [5.41, 5.74) is -0.615. The summed E-state index contributed by atoms with van der Waals surface area (Å²) in [6.07, 6.45) is 0. The van der Waals surface area contributed by atoms with Crippen molar-refractivity contribution >= 4 is 25.1 Å². The Balaban J connectivity index is 4.65. The van der Waals surface area contributed by atoms with Crippen molar-refractivity contribution in [1.29, 1.82) is 0 Å². The molecule has 0 rings (SSSR count). The molecule has 0 fully saturated rings. The van der Waals surface area contributed by atoms with Gasteiger partial charge in [0.05, 0.1) is 6.54 Å². The molecule has 0 saturated carbocycles. The third-order valence-electron chi connectivity index (χ3n) is 1.73. The molecule has 0 amide bonds. The lowest BCUT2D eigenvalue weighted by Crippen LogP contribution is -2.66. The second kappa shape index (κ2) is 7.35. The number of nitrogens with one attached hydrogen (secondary N) is 3. The molecule has 96 valence electrons. The SMILES string of the molecule is CC(C)NC(NCC(=O)O)(NC(C)C)[PH2]=S. The number of hydrogen-bond acceptors (Lipinski definition) is 5. The van der Waals surface area contributed by atoms with E-state index in [0.29, 0.717) is 0 Å². The van der Waals surface area contributed by atoms with Crippen LogP contribution in [0.2, 0.25) is 0 Å². The zero-order valence-corrected chi connectivity index (χ0v) is 12.2. The van der Waals surface area contributed by atoms with E-state index in [9.17, 15) is 4.79 Å². The minimum Gasteiger partial charge on any atom is -0.480 e. The lowest BCUT2D eigenvalue weighted by molar-refractivity contribution is -0.136. The smallest absolute Gasteiger partial charge is 0.317 e. The monoisotopic (exact) mass is 267 g/mol. The van der Waals surface area contributed by atoms with Gasteiger partial charge in [-0.05, 0) is 35.1 Å². The van der Waals surface area contributed by atoms with Crippen LogP contribution >= 0.6 is 7.36 Å². The molecule has 1 unspecified atom stereocenters. The van der Waals surface area contributed by atoms with Gasteiger partial charge in [-0.15, -0.1) is 0 Å². The van der Waals surface area contributed by atoms with Gasteiger partial charge in [0.25, 0.3) is 0 Å². The first-order valence-corrected chi connectivity index (χ1v) is 7.76. The van der Waals surface area contributed by atoms with Crippen LogP contribution in [0, 0.1) is 0 Å². The first-order chi connectivity index (χ1) is 7.31. The fourth-order valence-electron chi connectivity index (χ4n) is 1.38. The zero-order valence-electron chi connectivity index (χ0n) is 10.2. The Bertz CT molecular complexity index is 239. The number of rotatable bonds is 8. The van der Waals surface area contributed by atoms with Crippen molar-refractivity contribution in [3.05, 3.63) is 0 Å². The Morgan fingerprint density at radius 2 is 1.75 bits per heavy atom. The van der Waals surface area contributed by atoms with Crippen LogP contribution in [0.25, 0.3) is 0 Å². The molecule has 5 nitrogen and oxygen atoms in total. The molecular weight excluding hydrogens is 245 g/mol. The molecule has 0 aromatic rings. The van der Waals surface area contributed by atoms with Crippen LogP contribution in [0.3, 0.4) is 0 Å². The second-order valence-corrected chi connectivity index (χ2v) is 6.08. The maximum absolute atomic E-state index is 10.6. The molecular formula is C9H22N3O2PS. The fourth-order valence-corrected chi connectivity index (χ4v) is 3.03. The molecule has 1 atom stereocenters. The Labute approximate surface area is 103 Å². The van der Waals surface area contributed by atoms with Crippen LogP contribution in [0.4, 0.5) is 0 Å². The van der Waals surface area contributed by atoms with Crippen molar-refractivity contribution in [1.82, 2.24) is 16.0 Å². The third kappa shape index (κ3) is 6.55. The van der Waals surface area contributed by atoms with Crippen molar-refractivity contribution in [3.8, 4) is 0 Å². The highest BCUT2D eigenvalue weighted by Crippen LogP contribution is 2.15. The molecule has 0 aliphatic rings. The first-order valence-electron chi connectivity index (χ1n) is 5.30. The molecule has 0 saturated heterocycles. The highest BCUT2D eigenvalue weighted by molar-refractivity contribution is 7.97. The number of aliphatic carboxylic acids is 1. The van der Waals surface area contributed by atoms with Crippen molar-refractivity contribution in [2.24, 2.45) is 0 Å². The third-order valence-corrected chi connectivity index (χ3v) is 3.68. The molecule has 0 aromatic carbocycles. The van der Waals surface area contributed by atoms with Gasteiger partial charge in [-0.1, -0.05) is 11.8 Å². The molecule has 7 heteroatoms. The van der Waals surface area contributed by atoms with Gasteiger partial charge in [-0.25, -0.2) is 0 Å². The van der Waals surface area contributed by atoms with Crippen LogP contribution in [-0.4, -0.2) is 35.2 Å². The van der Waals surface area contributed by atoms with E-state index in [1.807, 2.05) is 27.7 Å². The van der Waals surface area contributed by atoms with Crippen molar-refractivity contribution in [2.75, 3.05) is 6.54 Å². The second-order valence-electron chi connectivity index (χ2n) is 4.27. The van der Waals surface area contributed by atoms with Gasteiger partial charge in [0, 0.05) is 12.1 Å². The Kier molecular flexibility index (Phi) is 7.35. The molecule has 0 aliphatic heterocycles. The summed E-state index contributed by atoms with van der Waals surface area (Å²) in [5.74, 6) is -0.886. The summed E-state index contributed by atoms with van der Waals surface area (Å²) in [5, 5.41) is 18.2. The number of carboxylic acid groups (broad SMARTS) is 1. The van der Waals surface area contributed by atoms with Gasteiger partial charge in [0.1, 0.15) is 5.53 Å². The van der Waals surface area contributed by atoms with Crippen LogP contribution < -0.4 is 16.0 Å². The molecule has 0 aliphatic carbocycles. The lowest BCUT2D eigenvalue weighted by atomic mass is 10.3. The fraction of sp³-hybridized carbons (Fsp3) is 0.889. The molecule has 16 heavy (non-hydrogen) atoms. The van der Waals surface area contributed by atoms with E-state index < -0.39 is 18.9 Å². The highest BCUT2D eigenvalue weighted by atomic mass is 32.4. The Hall–Kier alpha value is -0.000000000000000139. The summed E-state index contributed by atoms with van der Waals surface area (Å²) in [6, 6.07) is 0.450. The van der Waals surface area contributed by atoms with Crippen molar-refractivity contribution in [3.63, 3.8) is 0 Å². The van der Waals surface area contributed by atoms with Gasteiger partial charge in [0.2, 0.25) is 0 Å². The summed E-state index contributed by atoms with van der Waals surface area (Å²) < 4.78 is 0.